The Kier molecular flexibility index (Phi) is 3.25. The van der Waals surface area contributed by atoms with Crippen molar-refractivity contribution in [1.82, 2.24) is 4.98 Å². The lowest BCUT2D eigenvalue weighted by Gasteiger charge is -2.08. The second-order valence-electron chi connectivity index (χ2n) is 3.26. The maximum atomic E-state index is 8.98. The Bertz CT molecular complexity index is 262. The molecule has 1 rings (SSSR count). The van der Waals surface area contributed by atoms with E-state index in [1.807, 2.05) is 6.07 Å². The van der Waals surface area contributed by atoms with Gasteiger partial charge in [-0.25, -0.2) is 4.98 Å². The Morgan fingerprint density at radius 1 is 1.46 bits per heavy atom. The highest BCUT2D eigenvalue weighted by atomic mass is 16.5. The van der Waals surface area contributed by atoms with Crippen molar-refractivity contribution in [2.24, 2.45) is 0 Å². The van der Waals surface area contributed by atoms with E-state index in [0.29, 0.717) is 11.8 Å². The van der Waals surface area contributed by atoms with Crippen LogP contribution in [0.3, 0.4) is 0 Å². The van der Waals surface area contributed by atoms with Gasteiger partial charge in [0, 0.05) is 11.8 Å². The van der Waals surface area contributed by atoms with E-state index in [9.17, 15) is 0 Å². The van der Waals surface area contributed by atoms with Gasteiger partial charge in [-0.3, -0.25) is 0 Å². The van der Waals surface area contributed by atoms with Crippen molar-refractivity contribution in [3.63, 3.8) is 0 Å². The Hall–Kier alpha value is -1.09. The fraction of sp³-hybridized carbons (Fsp3) is 0.500. The molecular weight excluding hydrogens is 166 g/mol. The summed E-state index contributed by atoms with van der Waals surface area (Å²) in [4.78, 5) is 4.27. The fourth-order valence-corrected chi connectivity index (χ4v) is 1.07. The first-order valence-corrected chi connectivity index (χ1v) is 4.33. The number of aliphatic hydroxyl groups excluding tert-OH is 1. The summed E-state index contributed by atoms with van der Waals surface area (Å²) in [5.74, 6) is 0.913. The Labute approximate surface area is 78.4 Å². The number of aliphatic hydroxyl groups is 1. The number of hydrogen-bond acceptors (Lipinski definition) is 3. The van der Waals surface area contributed by atoms with Crippen LogP contribution in [-0.4, -0.2) is 17.2 Å². The molecule has 0 atom stereocenters. The molecule has 0 aliphatic rings. The molecule has 0 aliphatic heterocycles. The Morgan fingerprint density at radius 2 is 2.15 bits per heavy atom. The van der Waals surface area contributed by atoms with Crippen LogP contribution >= 0.6 is 0 Å². The van der Waals surface area contributed by atoms with Gasteiger partial charge in [-0.2, -0.15) is 0 Å². The number of ether oxygens (including phenoxy) is 1. The Morgan fingerprint density at radius 3 is 2.62 bits per heavy atom. The second-order valence-corrected chi connectivity index (χ2v) is 3.26. The van der Waals surface area contributed by atoms with E-state index < -0.39 is 0 Å². The van der Waals surface area contributed by atoms with Crippen LogP contribution in [0.4, 0.5) is 0 Å². The summed E-state index contributed by atoms with van der Waals surface area (Å²) in [6.07, 6.45) is 0. The number of nitrogens with zero attached hydrogens (tertiary/aromatic N) is 1. The number of methoxy groups -OCH3 is 1. The van der Waals surface area contributed by atoms with E-state index in [4.69, 9.17) is 9.84 Å². The molecule has 0 fully saturated rings. The minimum Gasteiger partial charge on any atom is -0.481 e. The van der Waals surface area contributed by atoms with Gasteiger partial charge in [0.25, 0.3) is 0 Å². The third-order valence-electron chi connectivity index (χ3n) is 1.86. The minimum absolute atomic E-state index is 0.0264. The standard InChI is InChI=1S/C10H15NO2/c1-7(2)9-4-8(6-12)5-10(11-9)13-3/h4-5,7,12H,6H2,1-3H3. The highest BCUT2D eigenvalue weighted by Crippen LogP contribution is 2.18. The molecule has 0 saturated carbocycles. The topological polar surface area (TPSA) is 42.4 Å². The summed E-state index contributed by atoms with van der Waals surface area (Å²) in [5, 5.41) is 8.98. The maximum absolute atomic E-state index is 8.98. The molecule has 1 aromatic heterocycles. The van der Waals surface area contributed by atoms with E-state index >= 15 is 0 Å². The number of pyridine rings is 1. The molecular formula is C10H15NO2. The van der Waals surface area contributed by atoms with Crippen molar-refractivity contribution in [3.05, 3.63) is 23.4 Å². The molecule has 72 valence electrons. The van der Waals surface area contributed by atoms with Crippen LogP contribution < -0.4 is 4.74 Å². The average molecular weight is 181 g/mol. The molecule has 13 heavy (non-hydrogen) atoms. The number of aromatic nitrogens is 1. The van der Waals surface area contributed by atoms with Crippen LogP contribution in [0.1, 0.15) is 31.0 Å². The molecule has 0 saturated heterocycles. The zero-order valence-corrected chi connectivity index (χ0v) is 8.24. The quantitative estimate of drug-likeness (QED) is 0.771. The summed E-state index contributed by atoms with van der Waals surface area (Å²) in [6.45, 7) is 4.14. The van der Waals surface area contributed by atoms with Gasteiger partial charge in [0.05, 0.1) is 13.7 Å². The zero-order valence-electron chi connectivity index (χ0n) is 8.24. The van der Waals surface area contributed by atoms with Gasteiger partial charge in [0.15, 0.2) is 0 Å². The van der Waals surface area contributed by atoms with Gasteiger partial charge in [-0.05, 0) is 17.5 Å². The predicted octanol–water partition coefficient (Wildman–Crippen LogP) is 1.71. The summed E-state index contributed by atoms with van der Waals surface area (Å²) in [7, 11) is 1.58. The normalized spacial score (nSPS) is 10.5. The smallest absolute Gasteiger partial charge is 0.213 e. The van der Waals surface area contributed by atoms with Crippen LogP contribution in [0.5, 0.6) is 5.88 Å². The predicted molar refractivity (Wildman–Crippen MR) is 50.8 cm³/mol. The maximum Gasteiger partial charge on any atom is 0.213 e. The van der Waals surface area contributed by atoms with E-state index in [1.165, 1.54) is 0 Å². The monoisotopic (exact) mass is 181 g/mol. The van der Waals surface area contributed by atoms with Gasteiger partial charge in [0.1, 0.15) is 0 Å². The first-order chi connectivity index (χ1) is 6.17. The fourth-order valence-electron chi connectivity index (χ4n) is 1.07. The lowest BCUT2D eigenvalue weighted by Crippen LogP contribution is -1.98. The Balaban J connectivity index is 3.07. The van der Waals surface area contributed by atoms with Crippen LogP contribution in [0.2, 0.25) is 0 Å². The molecule has 0 radical (unpaired) electrons. The van der Waals surface area contributed by atoms with E-state index in [2.05, 4.69) is 18.8 Å². The molecule has 3 heteroatoms. The summed E-state index contributed by atoms with van der Waals surface area (Å²) >= 11 is 0. The molecule has 0 aliphatic carbocycles. The minimum atomic E-state index is 0.0264. The molecule has 3 nitrogen and oxygen atoms in total. The number of hydrogen-bond donors (Lipinski definition) is 1. The van der Waals surface area contributed by atoms with Crippen LogP contribution in [0.25, 0.3) is 0 Å². The SMILES string of the molecule is COc1cc(CO)cc(C(C)C)n1. The lowest BCUT2D eigenvalue weighted by atomic mass is 10.1. The summed E-state index contributed by atoms with van der Waals surface area (Å²) < 4.78 is 5.03. The highest BCUT2D eigenvalue weighted by molar-refractivity contribution is 5.26. The van der Waals surface area contributed by atoms with E-state index in [0.717, 1.165) is 11.3 Å². The van der Waals surface area contributed by atoms with Gasteiger partial charge < -0.3 is 9.84 Å². The van der Waals surface area contributed by atoms with Gasteiger partial charge in [0.2, 0.25) is 5.88 Å². The van der Waals surface area contributed by atoms with Crippen LogP contribution in [-0.2, 0) is 6.61 Å². The van der Waals surface area contributed by atoms with Gasteiger partial charge in [-0.15, -0.1) is 0 Å². The first-order valence-electron chi connectivity index (χ1n) is 4.33. The third-order valence-corrected chi connectivity index (χ3v) is 1.86. The zero-order chi connectivity index (χ0) is 9.84. The summed E-state index contributed by atoms with van der Waals surface area (Å²) in [6, 6.07) is 3.64. The van der Waals surface area contributed by atoms with Gasteiger partial charge in [-0.1, -0.05) is 13.8 Å². The largest absolute Gasteiger partial charge is 0.481 e. The number of rotatable bonds is 3. The van der Waals surface area contributed by atoms with Crippen molar-refractivity contribution >= 4 is 0 Å². The van der Waals surface area contributed by atoms with E-state index in [-0.39, 0.29) is 6.61 Å². The highest BCUT2D eigenvalue weighted by Gasteiger charge is 2.05. The van der Waals surface area contributed by atoms with Crippen LogP contribution in [0.15, 0.2) is 12.1 Å². The van der Waals surface area contributed by atoms with Crippen molar-refractivity contribution in [2.75, 3.05) is 7.11 Å². The van der Waals surface area contributed by atoms with Crippen LogP contribution in [0, 0.1) is 0 Å². The summed E-state index contributed by atoms with van der Waals surface area (Å²) in [5.41, 5.74) is 1.79. The van der Waals surface area contributed by atoms with Crippen molar-refractivity contribution in [1.29, 1.82) is 0 Å². The molecule has 1 aromatic rings. The molecule has 0 aromatic carbocycles. The molecule has 1 heterocycles. The molecule has 1 N–H and O–H groups in total. The molecule has 0 amide bonds. The van der Waals surface area contributed by atoms with Crippen molar-refractivity contribution < 1.29 is 9.84 Å². The third kappa shape index (κ3) is 2.42. The van der Waals surface area contributed by atoms with Gasteiger partial charge >= 0.3 is 0 Å². The lowest BCUT2D eigenvalue weighted by molar-refractivity contribution is 0.280. The van der Waals surface area contributed by atoms with Crippen molar-refractivity contribution in [3.8, 4) is 5.88 Å². The first kappa shape index (κ1) is 9.99. The van der Waals surface area contributed by atoms with E-state index in [1.54, 1.807) is 13.2 Å². The van der Waals surface area contributed by atoms with Crippen molar-refractivity contribution in [2.45, 2.75) is 26.4 Å². The molecule has 0 bridgehead atoms. The second kappa shape index (κ2) is 4.23. The molecule has 0 unspecified atom stereocenters. The molecule has 0 spiro atoms. The average Bonchev–Trinajstić information content (AvgIpc) is 2.16.